The van der Waals surface area contributed by atoms with Gasteiger partial charge < -0.3 is 10.2 Å². The Labute approximate surface area is 130 Å². The Morgan fingerprint density at radius 1 is 1.57 bits per heavy atom. The van der Waals surface area contributed by atoms with Gasteiger partial charge in [-0.3, -0.25) is 9.69 Å². The van der Waals surface area contributed by atoms with Crippen molar-refractivity contribution < 1.29 is 4.79 Å². The number of anilines is 1. The number of aromatic nitrogens is 2. The molecule has 0 aliphatic carbocycles. The lowest BCUT2D eigenvalue weighted by Crippen LogP contribution is -2.43. The van der Waals surface area contributed by atoms with E-state index in [2.05, 4.69) is 20.2 Å². The first kappa shape index (κ1) is 16.0. The first-order valence-corrected chi connectivity index (χ1v) is 7.62. The Morgan fingerprint density at radius 2 is 2.38 bits per heavy atom. The van der Waals surface area contributed by atoms with E-state index in [9.17, 15) is 4.79 Å². The fourth-order valence-corrected chi connectivity index (χ4v) is 2.78. The minimum Gasteiger partial charge on any atom is -0.369 e. The van der Waals surface area contributed by atoms with Gasteiger partial charge in [-0.1, -0.05) is 11.6 Å². The van der Waals surface area contributed by atoms with Gasteiger partial charge in [-0.2, -0.15) is 0 Å². The first-order valence-electron chi connectivity index (χ1n) is 7.24. The summed E-state index contributed by atoms with van der Waals surface area (Å²) in [4.78, 5) is 24.0. The smallest absolute Gasteiger partial charge is 0.239 e. The van der Waals surface area contributed by atoms with Crippen LogP contribution in [0.5, 0.6) is 0 Å². The molecule has 1 amide bonds. The molecule has 1 N–H and O–H groups in total. The second-order valence-corrected chi connectivity index (χ2v) is 5.83. The number of carbonyl (C=O) groups is 1. The van der Waals surface area contributed by atoms with Crippen LogP contribution in [0.4, 0.5) is 5.82 Å². The van der Waals surface area contributed by atoms with Crippen molar-refractivity contribution in [2.24, 2.45) is 0 Å². The summed E-state index contributed by atoms with van der Waals surface area (Å²) in [5.41, 5.74) is 0. The Kier molecular flexibility index (Phi) is 5.76. The zero-order valence-corrected chi connectivity index (χ0v) is 13.3. The molecule has 0 bridgehead atoms. The number of nitrogens with one attached hydrogen (secondary N) is 1. The molecule has 1 aromatic heterocycles. The van der Waals surface area contributed by atoms with Crippen molar-refractivity contribution in [1.29, 1.82) is 0 Å². The lowest BCUT2D eigenvalue weighted by atomic mass is 10.2. The number of likely N-dealkylation sites (tertiary alicyclic amines) is 1. The van der Waals surface area contributed by atoms with Crippen molar-refractivity contribution in [2.75, 3.05) is 39.0 Å². The molecule has 1 aliphatic heterocycles. The van der Waals surface area contributed by atoms with E-state index in [1.807, 2.05) is 14.1 Å². The van der Waals surface area contributed by atoms with Crippen LogP contribution >= 0.6 is 11.6 Å². The van der Waals surface area contributed by atoms with Crippen molar-refractivity contribution in [3.05, 3.63) is 17.5 Å². The summed E-state index contributed by atoms with van der Waals surface area (Å²) in [5.74, 6) is 0.869. The number of amides is 1. The van der Waals surface area contributed by atoms with Gasteiger partial charge in [-0.25, -0.2) is 9.97 Å². The van der Waals surface area contributed by atoms with E-state index < -0.39 is 0 Å². The van der Waals surface area contributed by atoms with Crippen molar-refractivity contribution in [3.63, 3.8) is 0 Å². The Bertz CT molecular complexity index is 482. The highest BCUT2D eigenvalue weighted by atomic mass is 35.5. The van der Waals surface area contributed by atoms with Crippen LogP contribution in [0.1, 0.15) is 19.3 Å². The van der Waals surface area contributed by atoms with E-state index in [-0.39, 0.29) is 11.9 Å². The molecule has 7 heteroatoms. The third-order valence-electron chi connectivity index (χ3n) is 3.67. The Balaban J connectivity index is 1.75. The van der Waals surface area contributed by atoms with E-state index in [0.29, 0.717) is 10.8 Å². The molecule has 1 fully saturated rings. The standard InChI is InChI=1S/C14H22ClN5O/c1-19(2)14(21)12-5-3-7-20(12)8-4-6-17-13-11(15)9-16-10-18-13/h9-10,12H,3-8H2,1-2H3,(H,16,17,18). The molecule has 2 rings (SSSR count). The third kappa shape index (κ3) is 4.28. The highest BCUT2D eigenvalue weighted by molar-refractivity contribution is 6.32. The van der Waals surface area contributed by atoms with Gasteiger partial charge in [0, 0.05) is 27.2 Å². The van der Waals surface area contributed by atoms with Gasteiger partial charge in [0.2, 0.25) is 5.91 Å². The summed E-state index contributed by atoms with van der Waals surface area (Å²) in [6.07, 6.45) is 6.04. The van der Waals surface area contributed by atoms with Crippen molar-refractivity contribution in [1.82, 2.24) is 19.8 Å². The molecule has 0 radical (unpaired) electrons. The molecule has 1 aromatic rings. The van der Waals surface area contributed by atoms with Crippen LogP contribution in [0.2, 0.25) is 5.02 Å². The summed E-state index contributed by atoms with van der Waals surface area (Å²) in [7, 11) is 3.63. The molecule has 1 atom stereocenters. The summed E-state index contributed by atoms with van der Waals surface area (Å²) in [6.45, 7) is 2.68. The van der Waals surface area contributed by atoms with Gasteiger partial charge in [-0.05, 0) is 25.8 Å². The molecule has 0 spiro atoms. The number of hydrogen-bond donors (Lipinski definition) is 1. The maximum atomic E-state index is 12.1. The lowest BCUT2D eigenvalue weighted by molar-refractivity contribution is -0.133. The number of rotatable bonds is 6. The molecular formula is C14H22ClN5O. The van der Waals surface area contributed by atoms with E-state index >= 15 is 0 Å². The molecule has 116 valence electrons. The van der Waals surface area contributed by atoms with Gasteiger partial charge in [0.05, 0.1) is 12.2 Å². The van der Waals surface area contributed by atoms with E-state index in [4.69, 9.17) is 11.6 Å². The minimum atomic E-state index is 0.0441. The van der Waals surface area contributed by atoms with Gasteiger partial charge in [0.25, 0.3) is 0 Å². The number of halogens is 1. The van der Waals surface area contributed by atoms with Crippen LogP contribution in [0.3, 0.4) is 0 Å². The average Bonchev–Trinajstić information content (AvgIpc) is 2.92. The Morgan fingerprint density at radius 3 is 3.10 bits per heavy atom. The minimum absolute atomic E-state index is 0.0441. The van der Waals surface area contributed by atoms with Crippen LogP contribution in [0.15, 0.2) is 12.5 Å². The summed E-state index contributed by atoms with van der Waals surface area (Å²) >= 11 is 5.98. The van der Waals surface area contributed by atoms with Crippen LogP contribution in [-0.2, 0) is 4.79 Å². The topological polar surface area (TPSA) is 61.4 Å². The fraction of sp³-hybridized carbons (Fsp3) is 0.643. The number of likely N-dealkylation sites (N-methyl/N-ethyl adjacent to an activating group) is 1. The van der Waals surface area contributed by atoms with Gasteiger partial charge in [0.1, 0.15) is 17.2 Å². The molecule has 6 nitrogen and oxygen atoms in total. The molecule has 1 unspecified atom stereocenters. The number of carbonyl (C=O) groups excluding carboxylic acids is 1. The SMILES string of the molecule is CN(C)C(=O)C1CCCN1CCCNc1ncncc1Cl. The van der Waals surface area contributed by atoms with Crippen LogP contribution in [0.25, 0.3) is 0 Å². The molecular weight excluding hydrogens is 290 g/mol. The second kappa shape index (κ2) is 7.56. The molecule has 0 saturated carbocycles. The molecule has 1 aliphatic rings. The predicted octanol–water partition coefficient (Wildman–Crippen LogP) is 1.48. The zero-order chi connectivity index (χ0) is 15.2. The van der Waals surface area contributed by atoms with Crippen molar-refractivity contribution in [2.45, 2.75) is 25.3 Å². The zero-order valence-electron chi connectivity index (χ0n) is 12.5. The van der Waals surface area contributed by atoms with E-state index in [1.54, 1.807) is 11.1 Å². The lowest BCUT2D eigenvalue weighted by Gasteiger charge is -2.26. The fourth-order valence-electron chi connectivity index (χ4n) is 2.60. The molecule has 0 aromatic carbocycles. The summed E-state index contributed by atoms with van der Waals surface area (Å²) in [5, 5.41) is 3.73. The maximum Gasteiger partial charge on any atom is 0.239 e. The highest BCUT2D eigenvalue weighted by Crippen LogP contribution is 2.19. The predicted molar refractivity (Wildman–Crippen MR) is 83.4 cm³/mol. The van der Waals surface area contributed by atoms with Gasteiger partial charge in [0.15, 0.2) is 0 Å². The largest absolute Gasteiger partial charge is 0.369 e. The quantitative estimate of drug-likeness (QED) is 0.806. The van der Waals surface area contributed by atoms with Gasteiger partial charge in [-0.15, -0.1) is 0 Å². The monoisotopic (exact) mass is 311 g/mol. The second-order valence-electron chi connectivity index (χ2n) is 5.43. The summed E-state index contributed by atoms with van der Waals surface area (Å²) < 4.78 is 0. The molecule has 2 heterocycles. The molecule has 21 heavy (non-hydrogen) atoms. The van der Waals surface area contributed by atoms with Crippen molar-refractivity contribution in [3.8, 4) is 0 Å². The van der Waals surface area contributed by atoms with Crippen LogP contribution < -0.4 is 5.32 Å². The third-order valence-corrected chi connectivity index (χ3v) is 3.95. The number of nitrogens with zero attached hydrogens (tertiary/aromatic N) is 4. The summed E-state index contributed by atoms with van der Waals surface area (Å²) in [6, 6.07) is 0.0441. The molecule has 1 saturated heterocycles. The number of hydrogen-bond acceptors (Lipinski definition) is 5. The Hall–Kier alpha value is -1.40. The highest BCUT2D eigenvalue weighted by Gasteiger charge is 2.30. The van der Waals surface area contributed by atoms with Crippen molar-refractivity contribution >= 4 is 23.3 Å². The van der Waals surface area contributed by atoms with E-state index in [0.717, 1.165) is 38.9 Å². The van der Waals surface area contributed by atoms with Gasteiger partial charge >= 0.3 is 0 Å². The van der Waals surface area contributed by atoms with E-state index in [1.165, 1.54) is 6.33 Å². The normalized spacial score (nSPS) is 18.7. The maximum absolute atomic E-state index is 12.1. The van der Waals surface area contributed by atoms with Crippen LogP contribution in [-0.4, -0.2) is 65.4 Å². The average molecular weight is 312 g/mol. The first-order chi connectivity index (χ1) is 10.1. The van der Waals surface area contributed by atoms with Crippen LogP contribution in [0, 0.1) is 0 Å².